The topological polar surface area (TPSA) is 59.0 Å². The number of benzene rings is 1. The average molecular weight is 326 g/mol. The van der Waals surface area contributed by atoms with Gasteiger partial charge in [0, 0.05) is 18.3 Å². The molecule has 1 aromatic heterocycles. The van der Waals surface area contributed by atoms with Gasteiger partial charge in [0.15, 0.2) is 0 Å². The van der Waals surface area contributed by atoms with E-state index in [1.165, 1.54) is 0 Å². The zero-order valence-corrected chi connectivity index (χ0v) is 14.6. The van der Waals surface area contributed by atoms with Crippen LogP contribution in [0.2, 0.25) is 0 Å². The van der Waals surface area contributed by atoms with Crippen LogP contribution < -0.4 is 10.6 Å². The van der Waals surface area contributed by atoms with E-state index in [1.54, 1.807) is 0 Å². The second-order valence-electron chi connectivity index (χ2n) is 6.82. The molecule has 1 aliphatic rings. The highest BCUT2D eigenvalue weighted by Gasteiger charge is 2.30. The van der Waals surface area contributed by atoms with E-state index in [1.807, 2.05) is 54.3 Å². The molecule has 0 bridgehead atoms. The number of rotatable bonds is 7. The van der Waals surface area contributed by atoms with Gasteiger partial charge in [-0.2, -0.15) is 5.10 Å². The molecule has 1 aliphatic carbocycles. The van der Waals surface area contributed by atoms with Crippen molar-refractivity contribution in [1.29, 1.82) is 0 Å². The number of aryl methyl sites for hydroxylation is 1. The molecule has 2 N–H and O–H groups in total. The molecule has 5 nitrogen and oxygen atoms in total. The minimum absolute atomic E-state index is 0.0550. The predicted molar refractivity (Wildman–Crippen MR) is 94.6 cm³/mol. The van der Waals surface area contributed by atoms with Gasteiger partial charge < -0.3 is 5.32 Å². The van der Waals surface area contributed by atoms with Crippen molar-refractivity contribution in [1.82, 2.24) is 20.4 Å². The molecule has 24 heavy (non-hydrogen) atoms. The summed E-state index contributed by atoms with van der Waals surface area (Å²) in [6.45, 7) is 6.25. The van der Waals surface area contributed by atoms with Crippen molar-refractivity contribution in [2.45, 2.75) is 57.8 Å². The third-order valence-corrected chi connectivity index (χ3v) is 4.62. The fourth-order valence-corrected chi connectivity index (χ4v) is 2.77. The van der Waals surface area contributed by atoms with Crippen molar-refractivity contribution in [2.75, 3.05) is 0 Å². The molecule has 1 amide bonds. The van der Waals surface area contributed by atoms with Crippen molar-refractivity contribution >= 4 is 5.91 Å². The Morgan fingerprint density at radius 3 is 2.54 bits per heavy atom. The summed E-state index contributed by atoms with van der Waals surface area (Å²) in [7, 11) is 0. The normalized spacial score (nSPS) is 18.0. The summed E-state index contributed by atoms with van der Waals surface area (Å²) in [6.07, 6.45) is 6.07. The standard InChI is InChI=1S/C19H26N4O/c1-13-11-20-23(12-13)15(3)14(2)21-18(16-7-5-4-6-8-16)19(24)22-17-9-10-17/h4-8,11-12,14-15,17-18,21H,9-10H2,1-3H3,(H,22,24). The summed E-state index contributed by atoms with van der Waals surface area (Å²) in [6, 6.07) is 10.2. The van der Waals surface area contributed by atoms with Gasteiger partial charge >= 0.3 is 0 Å². The molecule has 3 rings (SSSR count). The third kappa shape index (κ3) is 4.03. The number of amides is 1. The largest absolute Gasteiger partial charge is 0.352 e. The van der Waals surface area contributed by atoms with Gasteiger partial charge in [0.2, 0.25) is 5.91 Å². The lowest BCUT2D eigenvalue weighted by molar-refractivity contribution is -0.123. The average Bonchev–Trinajstić information content (AvgIpc) is 3.30. The molecule has 1 aromatic carbocycles. The first-order valence-electron chi connectivity index (χ1n) is 8.66. The second-order valence-corrected chi connectivity index (χ2v) is 6.82. The molecule has 3 atom stereocenters. The van der Waals surface area contributed by atoms with Crippen LogP contribution in [0.5, 0.6) is 0 Å². The fraction of sp³-hybridized carbons (Fsp3) is 0.474. The van der Waals surface area contributed by atoms with E-state index in [-0.39, 0.29) is 24.0 Å². The Hall–Kier alpha value is -2.14. The molecule has 2 aromatic rings. The predicted octanol–water partition coefficient (Wildman–Crippen LogP) is 2.75. The van der Waals surface area contributed by atoms with Crippen LogP contribution in [0, 0.1) is 6.92 Å². The van der Waals surface area contributed by atoms with Crippen LogP contribution in [0.4, 0.5) is 0 Å². The quantitative estimate of drug-likeness (QED) is 0.822. The maximum absolute atomic E-state index is 12.7. The highest BCUT2D eigenvalue weighted by Crippen LogP contribution is 2.22. The fourth-order valence-electron chi connectivity index (χ4n) is 2.77. The second kappa shape index (κ2) is 7.18. The molecule has 5 heteroatoms. The number of carbonyl (C=O) groups excluding carboxylic acids is 1. The molecule has 1 saturated carbocycles. The van der Waals surface area contributed by atoms with Gasteiger partial charge in [0.25, 0.3) is 0 Å². The van der Waals surface area contributed by atoms with Crippen LogP contribution in [0.15, 0.2) is 42.7 Å². The van der Waals surface area contributed by atoms with Gasteiger partial charge in [0.05, 0.1) is 12.2 Å². The molecule has 0 aliphatic heterocycles. The summed E-state index contributed by atoms with van der Waals surface area (Å²) >= 11 is 0. The summed E-state index contributed by atoms with van der Waals surface area (Å²) in [4.78, 5) is 12.7. The molecule has 3 unspecified atom stereocenters. The van der Waals surface area contributed by atoms with E-state index >= 15 is 0 Å². The highest BCUT2D eigenvalue weighted by molar-refractivity contribution is 5.83. The first-order chi connectivity index (χ1) is 11.5. The lowest BCUT2D eigenvalue weighted by Crippen LogP contribution is -2.44. The van der Waals surface area contributed by atoms with Crippen LogP contribution >= 0.6 is 0 Å². The Morgan fingerprint density at radius 1 is 1.25 bits per heavy atom. The lowest BCUT2D eigenvalue weighted by Gasteiger charge is -2.27. The van der Waals surface area contributed by atoms with Crippen molar-refractivity contribution < 1.29 is 4.79 Å². The lowest BCUT2D eigenvalue weighted by atomic mass is 10.0. The maximum Gasteiger partial charge on any atom is 0.241 e. The molecular formula is C19H26N4O. The Balaban J connectivity index is 1.73. The van der Waals surface area contributed by atoms with Crippen LogP contribution in [0.25, 0.3) is 0 Å². The van der Waals surface area contributed by atoms with E-state index in [2.05, 4.69) is 29.6 Å². The third-order valence-electron chi connectivity index (χ3n) is 4.62. The summed E-state index contributed by atoms with van der Waals surface area (Å²) in [5.74, 6) is 0.0550. The van der Waals surface area contributed by atoms with E-state index < -0.39 is 0 Å². The monoisotopic (exact) mass is 326 g/mol. The SMILES string of the molecule is Cc1cnn(C(C)C(C)NC(C(=O)NC2CC2)c2ccccc2)c1. The molecule has 0 saturated heterocycles. The van der Waals surface area contributed by atoms with E-state index in [9.17, 15) is 4.79 Å². The van der Waals surface area contributed by atoms with Crippen molar-refractivity contribution in [3.8, 4) is 0 Å². The first-order valence-corrected chi connectivity index (χ1v) is 8.66. The minimum atomic E-state index is -0.346. The zero-order chi connectivity index (χ0) is 17.1. The Kier molecular flexibility index (Phi) is 5.00. The number of hydrogen-bond acceptors (Lipinski definition) is 3. The number of aromatic nitrogens is 2. The van der Waals surface area contributed by atoms with E-state index in [0.717, 1.165) is 24.0 Å². The summed E-state index contributed by atoms with van der Waals surface area (Å²) in [5, 5.41) is 11.0. The van der Waals surface area contributed by atoms with Gasteiger partial charge in [-0.3, -0.25) is 14.8 Å². The van der Waals surface area contributed by atoms with Crippen molar-refractivity contribution in [3.05, 3.63) is 53.9 Å². The summed E-state index contributed by atoms with van der Waals surface area (Å²) < 4.78 is 1.95. The van der Waals surface area contributed by atoms with Gasteiger partial charge in [-0.15, -0.1) is 0 Å². The molecule has 1 heterocycles. The van der Waals surface area contributed by atoms with Gasteiger partial charge in [-0.1, -0.05) is 30.3 Å². The number of hydrogen-bond donors (Lipinski definition) is 2. The van der Waals surface area contributed by atoms with Crippen LogP contribution in [-0.2, 0) is 4.79 Å². The Morgan fingerprint density at radius 2 is 1.96 bits per heavy atom. The smallest absolute Gasteiger partial charge is 0.241 e. The minimum Gasteiger partial charge on any atom is -0.352 e. The molecule has 0 radical (unpaired) electrons. The van der Waals surface area contributed by atoms with E-state index in [0.29, 0.717) is 6.04 Å². The Bertz CT molecular complexity index is 678. The van der Waals surface area contributed by atoms with Crippen LogP contribution in [0.3, 0.4) is 0 Å². The van der Waals surface area contributed by atoms with Crippen molar-refractivity contribution in [2.24, 2.45) is 0 Å². The molecule has 0 spiro atoms. The molecular weight excluding hydrogens is 300 g/mol. The molecule has 1 fully saturated rings. The number of nitrogens with one attached hydrogen (secondary N) is 2. The van der Waals surface area contributed by atoms with Gasteiger partial charge in [-0.25, -0.2) is 0 Å². The first kappa shape index (κ1) is 16.7. The highest BCUT2D eigenvalue weighted by atomic mass is 16.2. The van der Waals surface area contributed by atoms with E-state index in [4.69, 9.17) is 0 Å². The van der Waals surface area contributed by atoms with Crippen LogP contribution in [-0.4, -0.2) is 27.8 Å². The maximum atomic E-state index is 12.7. The van der Waals surface area contributed by atoms with Gasteiger partial charge in [-0.05, 0) is 44.7 Å². The van der Waals surface area contributed by atoms with Crippen molar-refractivity contribution in [3.63, 3.8) is 0 Å². The number of carbonyl (C=O) groups is 1. The zero-order valence-electron chi connectivity index (χ0n) is 14.6. The summed E-state index contributed by atoms with van der Waals surface area (Å²) in [5.41, 5.74) is 2.13. The number of nitrogens with zero attached hydrogens (tertiary/aromatic N) is 2. The molecule has 128 valence electrons. The Labute approximate surface area is 143 Å². The van der Waals surface area contributed by atoms with Gasteiger partial charge in [0.1, 0.15) is 6.04 Å². The van der Waals surface area contributed by atoms with Crippen LogP contribution in [0.1, 0.15) is 49.9 Å².